The van der Waals surface area contributed by atoms with Crippen molar-refractivity contribution in [3.63, 3.8) is 0 Å². The van der Waals surface area contributed by atoms with E-state index in [9.17, 15) is 9.59 Å². The zero-order valence-corrected chi connectivity index (χ0v) is 21.7. The lowest BCUT2D eigenvalue weighted by Gasteiger charge is -2.23. The third-order valence-electron chi connectivity index (χ3n) is 6.36. The molecule has 1 saturated heterocycles. The molecule has 2 aromatic carbocycles. The summed E-state index contributed by atoms with van der Waals surface area (Å²) in [6, 6.07) is 15.7. The van der Waals surface area contributed by atoms with Crippen molar-refractivity contribution < 1.29 is 9.53 Å². The number of ether oxygens (including phenoxy) is 1. The molecule has 182 valence electrons. The fourth-order valence-corrected chi connectivity index (χ4v) is 5.45. The molecule has 0 unspecified atom stereocenters. The molecule has 6 rings (SSSR count). The average molecular weight is 564 g/mol. The van der Waals surface area contributed by atoms with Crippen molar-refractivity contribution in [3.8, 4) is 16.9 Å². The standard InChI is InChI=1S/C26H22BrN5O3S/c1-15-24(33)31(10-8-16-2-7-21-22(12-16)29-26(34)28-21)25(35-15)20-13-32(19-5-3-18(27)4-6-19)30-23(20)17-9-11-36-14-17/h2-7,9,11-15,25H,8,10H2,1H3,(H2,28,29,34)/t15-,25-/m0/s1. The van der Waals surface area contributed by atoms with E-state index in [0.29, 0.717) is 13.0 Å². The molecule has 2 atom stereocenters. The number of amides is 1. The van der Waals surface area contributed by atoms with Crippen molar-refractivity contribution in [2.45, 2.75) is 25.7 Å². The summed E-state index contributed by atoms with van der Waals surface area (Å²) in [4.78, 5) is 32.1. The summed E-state index contributed by atoms with van der Waals surface area (Å²) in [7, 11) is 0. The molecule has 0 radical (unpaired) electrons. The van der Waals surface area contributed by atoms with E-state index in [2.05, 4.69) is 31.3 Å². The van der Waals surface area contributed by atoms with Crippen LogP contribution in [0.25, 0.3) is 28.0 Å². The van der Waals surface area contributed by atoms with Crippen LogP contribution < -0.4 is 5.69 Å². The molecular formula is C26H22BrN5O3S. The lowest BCUT2D eigenvalue weighted by Crippen LogP contribution is -2.32. The number of aromatic nitrogens is 4. The normalized spacial score (nSPS) is 17.9. The Morgan fingerprint density at radius 2 is 1.89 bits per heavy atom. The van der Waals surface area contributed by atoms with Crippen LogP contribution in [0.5, 0.6) is 0 Å². The van der Waals surface area contributed by atoms with Crippen molar-refractivity contribution in [2.75, 3.05) is 6.54 Å². The molecule has 0 saturated carbocycles. The van der Waals surface area contributed by atoms with Gasteiger partial charge in [0, 0.05) is 33.7 Å². The van der Waals surface area contributed by atoms with Gasteiger partial charge < -0.3 is 19.6 Å². The highest BCUT2D eigenvalue weighted by Gasteiger charge is 2.40. The first-order valence-electron chi connectivity index (χ1n) is 11.5. The van der Waals surface area contributed by atoms with Gasteiger partial charge in [0.2, 0.25) is 0 Å². The van der Waals surface area contributed by atoms with Crippen LogP contribution in [-0.4, -0.2) is 43.2 Å². The second kappa shape index (κ2) is 9.20. The van der Waals surface area contributed by atoms with Crippen molar-refractivity contribution in [1.82, 2.24) is 24.6 Å². The number of benzene rings is 2. The van der Waals surface area contributed by atoms with Crippen molar-refractivity contribution in [3.05, 3.63) is 91.6 Å². The smallest absolute Gasteiger partial charge is 0.323 e. The van der Waals surface area contributed by atoms with Crippen LogP contribution >= 0.6 is 27.3 Å². The number of fused-ring (bicyclic) bond motifs is 1. The maximum atomic E-state index is 13.2. The lowest BCUT2D eigenvalue weighted by atomic mass is 10.1. The van der Waals surface area contributed by atoms with Gasteiger partial charge in [-0.05, 0) is 66.8 Å². The second-order valence-corrected chi connectivity index (χ2v) is 10.4. The number of halogens is 1. The van der Waals surface area contributed by atoms with E-state index < -0.39 is 12.3 Å². The molecule has 36 heavy (non-hydrogen) atoms. The number of carbonyl (C=O) groups is 1. The Kier molecular flexibility index (Phi) is 5.87. The zero-order chi connectivity index (χ0) is 24.8. The number of aromatic amines is 2. The molecule has 0 spiro atoms. The SMILES string of the molecule is C[C@@H]1O[C@@H](c2cn(-c3ccc(Br)cc3)nc2-c2ccsc2)N(CCc2ccc3[nH]c(=O)[nH]c3c2)C1=O. The van der Waals surface area contributed by atoms with Gasteiger partial charge in [0.15, 0.2) is 6.23 Å². The molecule has 10 heteroatoms. The summed E-state index contributed by atoms with van der Waals surface area (Å²) in [5.41, 5.74) is 5.85. The van der Waals surface area contributed by atoms with Gasteiger partial charge in [-0.15, -0.1) is 0 Å². The van der Waals surface area contributed by atoms with E-state index in [1.54, 1.807) is 23.2 Å². The Hall–Kier alpha value is -3.47. The molecule has 5 aromatic rings. The van der Waals surface area contributed by atoms with E-state index in [1.165, 1.54) is 0 Å². The van der Waals surface area contributed by atoms with E-state index in [4.69, 9.17) is 9.84 Å². The van der Waals surface area contributed by atoms with Gasteiger partial charge in [0.25, 0.3) is 5.91 Å². The Morgan fingerprint density at radius 3 is 2.67 bits per heavy atom. The molecule has 0 aliphatic carbocycles. The Bertz CT molecular complexity index is 1600. The number of nitrogens with zero attached hydrogens (tertiary/aromatic N) is 3. The number of imidazole rings is 1. The summed E-state index contributed by atoms with van der Waals surface area (Å²) in [5, 5.41) is 8.95. The minimum absolute atomic E-state index is 0.0520. The van der Waals surface area contributed by atoms with Crippen molar-refractivity contribution in [2.24, 2.45) is 0 Å². The van der Waals surface area contributed by atoms with E-state index >= 15 is 0 Å². The molecular weight excluding hydrogens is 542 g/mol. The van der Waals surface area contributed by atoms with Crippen LogP contribution in [0.1, 0.15) is 24.3 Å². The molecule has 1 amide bonds. The predicted octanol–water partition coefficient (Wildman–Crippen LogP) is 5.02. The predicted molar refractivity (Wildman–Crippen MR) is 142 cm³/mol. The highest BCUT2D eigenvalue weighted by molar-refractivity contribution is 9.10. The first-order valence-corrected chi connectivity index (χ1v) is 13.2. The number of carbonyl (C=O) groups excluding carboxylic acids is 1. The van der Waals surface area contributed by atoms with E-state index in [0.717, 1.165) is 43.6 Å². The highest BCUT2D eigenvalue weighted by atomic mass is 79.9. The lowest BCUT2D eigenvalue weighted by molar-refractivity contribution is -0.130. The van der Waals surface area contributed by atoms with Crippen LogP contribution in [0.3, 0.4) is 0 Å². The number of nitrogens with one attached hydrogen (secondary N) is 2. The quantitative estimate of drug-likeness (QED) is 0.303. The van der Waals surface area contributed by atoms with E-state index in [1.807, 2.05) is 64.8 Å². The Labute approximate surface area is 218 Å². The molecule has 3 aromatic heterocycles. The summed E-state index contributed by atoms with van der Waals surface area (Å²) < 4.78 is 9.03. The number of hydrogen-bond donors (Lipinski definition) is 2. The molecule has 2 N–H and O–H groups in total. The first-order chi connectivity index (χ1) is 17.5. The van der Waals surface area contributed by atoms with Gasteiger partial charge in [-0.25, -0.2) is 9.48 Å². The van der Waals surface area contributed by atoms with Gasteiger partial charge in [-0.2, -0.15) is 16.4 Å². The largest absolute Gasteiger partial charge is 0.341 e. The minimum Gasteiger partial charge on any atom is -0.341 e. The maximum Gasteiger partial charge on any atom is 0.323 e. The molecule has 1 aliphatic heterocycles. The van der Waals surface area contributed by atoms with Crippen molar-refractivity contribution >= 4 is 44.2 Å². The molecule has 0 bridgehead atoms. The Balaban J connectivity index is 1.34. The molecule has 1 aliphatic rings. The minimum atomic E-state index is -0.553. The van der Waals surface area contributed by atoms with Crippen LogP contribution in [0, 0.1) is 0 Å². The van der Waals surface area contributed by atoms with Crippen LogP contribution in [-0.2, 0) is 16.0 Å². The van der Waals surface area contributed by atoms with Crippen LogP contribution in [0.4, 0.5) is 0 Å². The summed E-state index contributed by atoms with van der Waals surface area (Å²) in [5.74, 6) is -0.0520. The maximum absolute atomic E-state index is 13.2. The summed E-state index contributed by atoms with van der Waals surface area (Å²) in [6.07, 6.45) is 1.47. The zero-order valence-electron chi connectivity index (χ0n) is 19.3. The summed E-state index contributed by atoms with van der Waals surface area (Å²) >= 11 is 5.08. The number of H-pyrrole nitrogens is 2. The third-order valence-corrected chi connectivity index (χ3v) is 7.57. The Morgan fingerprint density at radius 1 is 1.08 bits per heavy atom. The fraction of sp³-hybridized carbons (Fsp3) is 0.192. The fourth-order valence-electron chi connectivity index (χ4n) is 4.55. The molecule has 1 fully saturated rings. The number of thiophene rings is 1. The van der Waals surface area contributed by atoms with Gasteiger partial charge in [0.1, 0.15) is 11.8 Å². The van der Waals surface area contributed by atoms with E-state index in [-0.39, 0.29) is 11.6 Å². The van der Waals surface area contributed by atoms with Gasteiger partial charge in [-0.1, -0.05) is 22.0 Å². The van der Waals surface area contributed by atoms with Crippen molar-refractivity contribution in [1.29, 1.82) is 0 Å². The molecule has 4 heterocycles. The first kappa shape index (κ1) is 23.0. The monoisotopic (exact) mass is 563 g/mol. The van der Waals surface area contributed by atoms with Gasteiger partial charge in [0.05, 0.1) is 16.7 Å². The molecule has 8 nitrogen and oxygen atoms in total. The van der Waals surface area contributed by atoms with Gasteiger partial charge in [-0.3, -0.25) is 4.79 Å². The van der Waals surface area contributed by atoms with Crippen LogP contribution in [0.15, 0.2) is 74.8 Å². The number of hydrogen-bond acceptors (Lipinski definition) is 5. The number of rotatable bonds is 6. The topological polar surface area (TPSA) is 96.0 Å². The summed E-state index contributed by atoms with van der Waals surface area (Å²) in [6.45, 7) is 2.26. The van der Waals surface area contributed by atoms with Gasteiger partial charge >= 0.3 is 5.69 Å². The van der Waals surface area contributed by atoms with Crippen LogP contribution in [0.2, 0.25) is 0 Å². The average Bonchev–Trinajstić information content (AvgIpc) is 3.65. The third kappa shape index (κ3) is 4.21. The highest BCUT2D eigenvalue weighted by Crippen LogP contribution is 2.38. The second-order valence-electron chi connectivity index (χ2n) is 8.74.